The molecule has 0 bridgehead atoms. The molecule has 0 radical (unpaired) electrons. The Bertz CT molecular complexity index is 860. The maximum Gasteiger partial charge on any atom is 0.266 e. The largest absolute Gasteiger partial charge is 0.381 e. The Morgan fingerprint density at radius 3 is 2.26 bits per heavy atom. The summed E-state index contributed by atoms with van der Waals surface area (Å²) in [5.41, 5.74) is 3.23. The van der Waals surface area contributed by atoms with E-state index in [-0.39, 0.29) is 52.0 Å². The summed E-state index contributed by atoms with van der Waals surface area (Å²) < 4.78 is 57.5. The summed E-state index contributed by atoms with van der Waals surface area (Å²) in [6, 6.07) is 7.33. The van der Waals surface area contributed by atoms with Crippen LogP contribution in [0.15, 0.2) is 24.3 Å². The van der Waals surface area contributed by atoms with E-state index in [2.05, 4.69) is 0 Å². The number of hydroxylamine groups is 1. The van der Waals surface area contributed by atoms with Crippen LogP contribution in [-0.2, 0) is 26.0 Å². The summed E-state index contributed by atoms with van der Waals surface area (Å²) in [7, 11) is -4.01. The van der Waals surface area contributed by atoms with Gasteiger partial charge in [-0.2, -0.15) is 4.31 Å². The van der Waals surface area contributed by atoms with Crippen LogP contribution < -0.4 is 10.4 Å². The molecule has 3 rings (SSSR count). The van der Waals surface area contributed by atoms with Crippen molar-refractivity contribution in [2.45, 2.75) is 43.3 Å². The molecule has 0 aromatic heterocycles. The molecule has 2 N–H and O–H groups in total. The maximum absolute atomic E-state index is 13.3. The summed E-state index contributed by atoms with van der Waals surface area (Å²) in [4.78, 5) is 14.4. The van der Waals surface area contributed by atoms with E-state index >= 15 is 0 Å². The molecule has 2 heterocycles. The lowest BCUT2D eigenvalue weighted by molar-refractivity contribution is -0.134. The quantitative estimate of drug-likeness (QED) is 0.475. The van der Waals surface area contributed by atoms with Gasteiger partial charge in [0, 0.05) is 64.3 Å². The second-order valence-corrected chi connectivity index (χ2v) is 10.4. The van der Waals surface area contributed by atoms with E-state index in [1.165, 1.54) is 9.79 Å². The van der Waals surface area contributed by atoms with Crippen LogP contribution in [0.4, 0.5) is 14.5 Å². The van der Waals surface area contributed by atoms with Gasteiger partial charge in [-0.3, -0.25) is 10.0 Å². The van der Waals surface area contributed by atoms with Crippen LogP contribution >= 0.6 is 0 Å². The van der Waals surface area contributed by atoms with Crippen molar-refractivity contribution in [2.24, 2.45) is 0 Å². The molecule has 0 aliphatic carbocycles. The van der Waals surface area contributed by atoms with Gasteiger partial charge in [-0.15, -0.1) is 0 Å². The van der Waals surface area contributed by atoms with E-state index < -0.39 is 26.6 Å². The van der Waals surface area contributed by atoms with Crippen LogP contribution in [0.1, 0.15) is 31.7 Å². The van der Waals surface area contributed by atoms with Gasteiger partial charge < -0.3 is 9.64 Å². The Kier molecular flexibility index (Phi) is 7.19. The number of alkyl halides is 2. The average molecular weight is 462 g/mol. The first kappa shape index (κ1) is 23.8. The number of halogens is 2. The second kappa shape index (κ2) is 9.35. The third-order valence-electron chi connectivity index (χ3n) is 6.04. The molecule has 0 unspecified atom stereocenters. The van der Waals surface area contributed by atoms with Gasteiger partial charge in [0.05, 0.1) is 0 Å². The third-order valence-corrected chi connectivity index (χ3v) is 8.67. The highest BCUT2D eigenvalue weighted by Gasteiger charge is 2.54. The number of rotatable bonds is 7. The highest BCUT2D eigenvalue weighted by Crippen LogP contribution is 2.34. The number of aryl methyl sites for hydroxylation is 1. The second-order valence-electron chi connectivity index (χ2n) is 8.18. The molecule has 174 valence electrons. The number of nitrogens with zero attached hydrogens (tertiary/aromatic N) is 2. The summed E-state index contributed by atoms with van der Waals surface area (Å²) in [6.45, 7) is 2.42. The van der Waals surface area contributed by atoms with E-state index in [0.717, 1.165) is 18.2 Å². The number of piperazine rings is 1. The molecule has 2 saturated heterocycles. The van der Waals surface area contributed by atoms with Crippen molar-refractivity contribution in [1.29, 1.82) is 0 Å². The maximum atomic E-state index is 13.3. The molecule has 1 aromatic carbocycles. The Balaban J connectivity index is 1.65. The van der Waals surface area contributed by atoms with Gasteiger partial charge in [-0.1, -0.05) is 12.1 Å². The van der Waals surface area contributed by atoms with Crippen LogP contribution in [0.2, 0.25) is 0 Å². The highest BCUT2D eigenvalue weighted by atomic mass is 32.2. The number of anilines is 1. The minimum Gasteiger partial charge on any atom is -0.381 e. The average Bonchev–Trinajstić information content (AvgIpc) is 2.77. The number of benzene rings is 1. The van der Waals surface area contributed by atoms with Gasteiger partial charge in [0.2, 0.25) is 15.9 Å². The van der Waals surface area contributed by atoms with Gasteiger partial charge >= 0.3 is 0 Å². The van der Waals surface area contributed by atoms with Crippen molar-refractivity contribution in [1.82, 2.24) is 9.79 Å². The van der Waals surface area contributed by atoms with Crippen molar-refractivity contribution in [2.75, 3.05) is 44.3 Å². The molecule has 0 spiro atoms. The number of carbonyl (C=O) groups is 1. The van der Waals surface area contributed by atoms with E-state index in [4.69, 9.17) is 9.94 Å². The Labute approximate surface area is 181 Å². The van der Waals surface area contributed by atoms with E-state index in [0.29, 0.717) is 13.1 Å². The van der Waals surface area contributed by atoms with Gasteiger partial charge in [0.15, 0.2) is 4.75 Å². The van der Waals surface area contributed by atoms with Crippen LogP contribution in [-0.4, -0.2) is 73.9 Å². The first-order valence-electron chi connectivity index (χ1n) is 10.3. The molecule has 8 nitrogen and oxygen atoms in total. The van der Waals surface area contributed by atoms with Crippen LogP contribution in [0.5, 0.6) is 0 Å². The standard InChI is InChI=1S/C20H29F2N3O5S/c1-19(21,22)7-6-16-2-4-17(5-3-16)24-10-12-25(13-11-24)31(28,29)20(18(26)23-27)8-14-30-15-9-20/h2-5,27H,6-15H2,1H3,(H,23,26). The van der Waals surface area contributed by atoms with Gasteiger partial charge in [-0.05, 0) is 31.0 Å². The minimum atomic E-state index is -4.01. The molecule has 2 aliphatic rings. The predicted molar refractivity (Wildman–Crippen MR) is 111 cm³/mol. The zero-order chi connectivity index (χ0) is 22.7. The van der Waals surface area contributed by atoms with Crippen LogP contribution in [0.3, 0.4) is 0 Å². The van der Waals surface area contributed by atoms with Crippen molar-refractivity contribution >= 4 is 21.6 Å². The van der Waals surface area contributed by atoms with Crippen LogP contribution in [0.25, 0.3) is 0 Å². The Morgan fingerprint density at radius 1 is 1.16 bits per heavy atom. The topological polar surface area (TPSA) is 99.2 Å². The number of hydrogen-bond acceptors (Lipinski definition) is 6. The molecule has 2 fully saturated rings. The summed E-state index contributed by atoms with van der Waals surface area (Å²) >= 11 is 0. The molecule has 11 heteroatoms. The predicted octanol–water partition coefficient (Wildman–Crippen LogP) is 1.78. The lowest BCUT2D eigenvalue weighted by Gasteiger charge is -2.42. The Morgan fingerprint density at radius 2 is 1.74 bits per heavy atom. The first-order chi connectivity index (χ1) is 14.6. The molecule has 2 aliphatic heterocycles. The van der Waals surface area contributed by atoms with Gasteiger partial charge in [0.1, 0.15) is 0 Å². The van der Waals surface area contributed by atoms with Crippen molar-refractivity contribution in [3.05, 3.63) is 29.8 Å². The first-order valence-corrected chi connectivity index (χ1v) is 11.8. The van der Waals surface area contributed by atoms with Gasteiger partial charge in [-0.25, -0.2) is 22.7 Å². The number of sulfonamides is 1. The lowest BCUT2D eigenvalue weighted by Crippen LogP contribution is -2.62. The van der Waals surface area contributed by atoms with E-state index in [9.17, 15) is 22.0 Å². The smallest absolute Gasteiger partial charge is 0.266 e. The number of ether oxygens (including phenoxy) is 1. The number of nitrogens with one attached hydrogen (secondary N) is 1. The Hall–Kier alpha value is -1.82. The van der Waals surface area contributed by atoms with Crippen molar-refractivity contribution < 1.29 is 31.9 Å². The number of carbonyl (C=O) groups excluding carboxylic acids is 1. The monoisotopic (exact) mass is 461 g/mol. The normalized spacial score (nSPS) is 20.5. The van der Waals surface area contributed by atoms with Gasteiger partial charge in [0.25, 0.3) is 5.91 Å². The SMILES string of the molecule is CC(F)(F)CCc1ccc(N2CCN(S(=O)(=O)C3(C(=O)NO)CCOCC3)CC2)cc1. The molecule has 1 amide bonds. The minimum absolute atomic E-state index is 0.0137. The fraction of sp³-hybridized carbons (Fsp3) is 0.650. The molecule has 0 saturated carbocycles. The van der Waals surface area contributed by atoms with Crippen molar-refractivity contribution in [3.8, 4) is 0 Å². The number of amides is 1. The highest BCUT2D eigenvalue weighted by molar-refractivity contribution is 7.91. The lowest BCUT2D eigenvalue weighted by atomic mass is 9.98. The molecule has 1 aromatic rings. The van der Waals surface area contributed by atoms with E-state index in [1.54, 1.807) is 0 Å². The number of hydrogen-bond donors (Lipinski definition) is 2. The third kappa shape index (κ3) is 5.16. The van der Waals surface area contributed by atoms with E-state index in [1.807, 2.05) is 29.2 Å². The molecular weight excluding hydrogens is 432 g/mol. The zero-order valence-electron chi connectivity index (χ0n) is 17.5. The fourth-order valence-electron chi connectivity index (χ4n) is 4.08. The van der Waals surface area contributed by atoms with Crippen LogP contribution in [0, 0.1) is 0 Å². The molecule has 31 heavy (non-hydrogen) atoms. The summed E-state index contributed by atoms with van der Waals surface area (Å²) in [5.74, 6) is -3.62. The zero-order valence-corrected chi connectivity index (χ0v) is 18.3. The van der Waals surface area contributed by atoms with Crippen molar-refractivity contribution in [3.63, 3.8) is 0 Å². The summed E-state index contributed by atoms with van der Waals surface area (Å²) in [5, 5.41) is 9.14. The molecular formula is C20H29F2N3O5S. The fourth-order valence-corrected chi connectivity index (χ4v) is 6.18. The molecule has 0 atom stereocenters. The summed E-state index contributed by atoms with van der Waals surface area (Å²) in [6.07, 6.45) is 0.0476.